The van der Waals surface area contributed by atoms with Crippen molar-refractivity contribution in [3.63, 3.8) is 0 Å². The predicted molar refractivity (Wildman–Crippen MR) is 72.7 cm³/mol. The van der Waals surface area contributed by atoms with Crippen molar-refractivity contribution < 1.29 is 14.7 Å². The number of furan rings is 1. The Morgan fingerprint density at radius 3 is 2.53 bits per heavy atom. The molecule has 19 heavy (non-hydrogen) atoms. The van der Waals surface area contributed by atoms with E-state index in [1.54, 1.807) is 18.4 Å². The van der Waals surface area contributed by atoms with Gasteiger partial charge in [-0.3, -0.25) is 0 Å². The van der Waals surface area contributed by atoms with Gasteiger partial charge >= 0.3 is 0 Å². The average Bonchev–Trinajstić information content (AvgIpc) is 2.90. The lowest BCUT2D eigenvalue weighted by molar-refractivity contribution is 0.322. The van der Waals surface area contributed by atoms with E-state index >= 15 is 0 Å². The Balaban J connectivity index is 2.23. The number of oxime groups is 1. The van der Waals surface area contributed by atoms with E-state index in [1.807, 2.05) is 30.3 Å². The Bertz CT molecular complexity index is 742. The molecule has 0 saturated heterocycles. The van der Waals surface area contributed by atoms with Crippen molar-refractivity contribution in [1.82, 2.24) is 0 Å². The molecular weight excluding hydrogens is 242 g/mol. The predicted octanol–water partition coefficient (Wildman–Crippen LogP) is 3.61. The minimum atomic E-state index is 0.233. The van der Waals surface area contributed by atoms with Crippen LogP contribution in [0.3, 0.4) is 0 Å². The van der Waals surface area contributed by atoms with Gasteiger partial charge in [-0.2, -0.15) is 0 Å². The van der Waals surface area contributed by atoms with Crippen molar-refractivity contribution in [1.29, 1.82) is 0 Å². The van der Waals surface area contributed by atoms with E-state index in [-0.39, 0.29) is 5.75 Å². The summed E-state index contributed by atoms with van der Waals surface area (Å²) in [5.74, 6) is 0.233. The smallest absolute Gasteiger partial charge is 0.143 e. The first kappa shape index (κ1) is 11.3. The third-order valence-corrected chi connectivity index (χ3v) is 3.02. The van der Waals surface area contributed by atoms with Crippen molar-refractivity contribution in [3.05, 3.63) is 54.3 Å². The highest BCUT2D eigenvalue weighted by Crippen LogP contribution is 2.31. The lowest BCUT2D eigenvalue weighted by Crippen LogP contribution is -1.85. The minimum absolute atomic E-state index is 0.233. The molecule has 0 aliphatic heterocycles. The molecule has 0 bridgehead atoms. The third-order valence-electron chi connectivity index (χ3n) is 3.02. The number of phenols is 1. The zero-order chi connectivity index (χ0) is 13.2. The van der Waals surface area contributed by atoms with Crippen LogP contribution in [0.15, 0.2) is 58.3 Å². The normalized spacial score (nSPS) is 11.4. The second kappa shape index (κ2) is 4.49. The number of benzene rings is 2. The quantitative estimate of drug-likeness (QED) is 0.416. The van der Waals surface area contributed by atoms with Crippen molar-refractivity contribution in [2.75, 3.05) is 0 Å². The van der Waals surface area contributed by atoms with Crippen LogP contribution in [0.2, 0.25) is 0 Å². The van der Waals surface area contributed by atoms with Crippen molar-refractivity contribution in [3.8, 4) is 16.9 Å². The number of phenolic OH excluding ortho intramolecular Hbond substituents is 1. The number of hydrogen-bond acceptors (Lipinski definition) is 4. The van der Waals surface area contributed by atoms with Crippen LogP contribution in [0, 0.1) is 0 Å². The highest BCUT2D eigenvalue weighted by molar-refractivity contribution is 6.03. The standard InChI is InChI=1S/C15H11NO3/c17-12-4-1-10(2-5-12)13-6-3-11(9-16-18)15-14(13)7-8-19-15/h1-9,17-18H/b16-9+. The molecule has 4 heteroatoms. The van der Waals surface area contributed by atoms with Crippen LogP contribution in [0.4, 0.5) is 0 Å². The molecule has 0 amide bonds. The lowest BCUT2D eigenvalue weighted by Gasteiger charge is -2.05. The highest BCUT2D eigenvalue weighted by Gasteiger charge is 2.09. The van der Waals surface area contributed by atoms with Gasteiger partial charge in [-0.25, -0.2) is 0 Å². The fraction of sp³-hybridized carbons (Fsp3) is 0. The summed E-state index contributed by atoms with van der Waals surface area (Å²) in [6, 6.07) is 12.6. The summed E-state index contributed by atoms with van der Waals surface area (Å²) in [5.41, 5.74) is 3.36. The van der Waals surface area contributed by atoms with Gasteiger partial charge in [0.25, 0.3) is 0 Å². The number of hydrogen-bond donors (Lipinski definition) is 2. The van der Waals surface area contributed by atoms with Gasteiger partial charge in [0.05, 0.1) is 12.5 Å². The summed E-state index contributed by atoms with van der Waals surface area (Å²) in [6.45, 7) is 0. The Hall–Kier alpha value is -2.75. The van der Waals surface area contributed by atoms with Crippen LogP contribution >= 0.6 is 0 Å². The maximum absolute atomic E-state index is 9.33. The summed E-state index contributed by atoms with van der Waals surface area (Å²) >= 11 is 0. The molecule has 1 aromatic heterocycles. The topological polar surface area (TPSA) is 66.0 Å². The van der Waals surface area contributed by atoms with Gasteiger partial charge in [-0.05, 0) is 35.4 Å². The van der Waals surface area contributed by atoms with Crippen LogP contribution < -0.4 is 0 Å². The fourth-order valence-electron chi connectivity index (χ4n) is 2.14. The first-order valence-corrected chi connectivity index (χ1v) is 5.76. The van der Waals surface area contributed by atoms with E-state index in [0.717, 1.165) is 16.5 Å². The van der Waals surface area contributed by atoms with E-state index in [4.69, 9.17) is 9.62 Å². The molecule has 0 aliphatic carbocycles. The van der Waals surface area contributed by atoms with Gasteiger partial charge in [0.2, 0.25) is 0 Å². The van der Waals surface area contributed by atoms with Crippen molar-refractivity contribution >= 4 is 17.2 Å². The van der Waals surface area contributed by atoms with Gasteiger partial charge in [0.1, 0.15) is 11.3 Å². The molecule has 0 atom stereocenters. The fourth-order valence-corrected chi connectivity index (χ4v) is 2.14. The molecule has 2 N–H and O–H groups in total. The second-order valence-corrected chi connectivity index (χ2v) is 4.16. The number of nitrogens with zero attached hydrogens (tertiary/aromatic N) is 1. The molecule has 94 valence electrons. The first-order valence-electron chi connectivity index (χ1n) is 5.76. The highest BCUT2D eigenvalue weighted by atomic mass is 16.4. The van der Waals surface area contributed by atoms with Gasteiger partial charge in [-0.1, -0.05) is 23.4 Å². The molecule has 3 aromatic rings. The van der Waals surface area contributed by atoms with Gasteiger partial charge in [-0.15, -0.1) is 0 Å². The van der Waals surface area contributed by atoms with Crippen LogP contribution in [0.1, 0.15) is 5.56 Å². The Kier molecular flexibility index (Phi) is 2.68. The molecule has 0 spiro atoms. The summed E-state index contributed by atoms with van der Waals surface area (Å²) in [5, 5.41) is 21.9. The summed E-state index contributed by atoms with van der Waals surface area (Å²) in [6.07, 6.45) is 2.94. The zero-order valence-corrected chi connectivity index (χ0v) is 9.95. The molecule has 0 saturated carbocycles. The summed E-state index contributed by atoms with van der Waals surface area (Å²) in [4.78, 5) is 0. The largest absolute Gasteiger partial charge is 0.508 e. The molecule has 2 aromatic carbocycles. The number of aromatic hydroxyl groups is 1. The van der Waals surface area contributed by atoms with E-state index in [0.29, 0.717) is 11.1 Å². The van der Waals surface area contributed by atoms with E-state index in [1.165, 1.54) is 6.21 Å². The molecule has 0 aliphatic rings. The van der Waals surface area contributed by atoms with Gasteiger partial charge in [0.15, 0.2) is 0 Å². The molecule has 4 nitrogen and oxygen atoms in total. The molecule has 0 radical (unpaired) electrons. The summed E-state index contributed by atoms with van der Waals surface area (Å²) < 4.78 is 5.44. The Morgan fingerprint density at radius 2 is 1.79 bits per heavy atom. The number of fused-ring (bicyclic) bond motifs is 1. The summed E-state index contributed by atoms with van der Waals surface area (Å²) in [7, 11) is 0. The van der Waals surface area contributed by atoms with Gasteiger partial charge in [0, 0.05) is 10.9 Å². The molecule has 0 fully saturated rings. The van der Waals surface area contributed by atoms with Crippen LogP contribution in [-0.2, 0) is 0 Å². The Labute approximate surface area is 109 Å². The lowest BCUT2D eigenvalue weighted by atomic mass is 10.00. The van der Waals surface area contributed by atoms with Crippen molar-refractivity contribution in [2.24, 2.45) is 5.16 Å². The van der Waals surface area contributed by atoms with Crippen LogP contribution in [0.25, 0.3) is 22.1 Å². The zero-order valence-electron chi connectivity index (χ0n) is 9.95. The van der Waals surface area contributed by atoms with Crippen LogP contribution in [0.5, 0.6) is 5.75 Å². The molecule has 0 unspecified atom stereocenters. The maximum atomic E-state index is 9.33. The molecule has 1 heterocycles. The average molecular weight is 253 g/mol. The third kappa shape index (κ3) is 1.93. The number of rotatable bonds is 2. The maximum Gasteiger partial charge on any atom is 0.143 e. The monoisotopic (exact) mass is 253 g/mol. The molecule has 3 rings (SSSR count). The second-order valence-electron chi connectivity index (χ2n) is 4.16. The first-order chi connectivity index (χ1) is 9.29. The van der Waals surface area contributed by atoms with Gasteiger partial charge < -0.3 is 14.7 Å². The minimum Gasteiger partial charge on any atom is -0.508 e. The van der Waals surface area contributed by atoms with E-state index < -0.39 is 0 Å². The molecular formula is C15H11NO3. The van der Waals surface area contributed by atoms with E-state index in [9.17, 15) is 5.11 Å². The Morgan fingerprint density at radius 1 is 1.00 bits per heavy atom. The van der Waals surface area contributed by atoms with E-state index in [2.05, 4.69) is 5.16 Å². The van der Waals surface area contributed by atoms with Crippen LogP contribution in [-0.4, -0.2) is 16.5 Å². The SMILES string of the molecule is O/N=C/c1ccc(-c2ccc(O)cc2)c2ccoc12. The van der Waals surface area contributed by atoms with Crippen molar-refractivity contribution in [2.45, 2.75) is 0 Å².